The van der Waals surface area contributed by atoms with E-state index in [0.29, 0.717) is 23.8 Å². The van der Waals surface area contributed by atoms with E-state index in [1.54, 1.807) is 0 Å². The number of hydrogen-bond acceptors (Lipinski definition) is 20. The van der Waals surface area contributed by atoms with Gasteiger partial charge in [-0.15, -0.1) is 0 Å². The molecule has 4 aromatic heterocycles. The van der Waals surface area contributed by atoms with Gasteiger partial charge in [0.05, 0.1) is 47.8 Å². The Labute approximate surface area is 379 Å². The molecule has 0 amide bonds. The predicted molar refractivity (Wildman–Crippen MR) is 197 cm³/mol. The van der Waals surface area contributed by atoms with E-state index in [1.807, 2.05) is 97.1 Å². The Morgan fingerprint density at radius 3 is 0.569 bits per heavy atom. The summed E-state index contributed by atoms with van der Waals surface area (Å²) in [6, 6.07) is 31.5. The van der Waals surface area contributed by atoms with Crippen molar-refractivity contribution in [2.75, 3.05) is 22.9 Å². The Morgan fingerprint density at radius 2 is 0.446 bits per heavy atom. The number of nitrogen functional groups attached to an aromatic ring is 4. The molecule has 0 atom stereocenters. The van der Waals surface area contributed by atoms with E-state index in [9.17, 15) is 0 Å². The average Bonchev–Trinajstić information content (AvgIpc) is 4.01. The zero-order valence-electron chi connectivity index (χ0n) is 32.6. The molecule has 0 saturated carbocycles. The van der Waals surface area contributed by atoms with Gasteiger partial charge in [0.2, 0.25) is 0 Å². The minimum atomic E-state index is -2.19. The average molecular weight is 980 g/mol. The fourth-order valence-electron chi connectivity index (χ4n) is 4.09. The van der Waals surface area contributed by atoms with Crippen molar-refractivity contribution >= 4 is 116 Å². The fourth-order valence-corrected chi connectivity index (χ4v) is 4.09. The molecule has 65 heavy (non-hydrogen) atoms. The molecule has 336 valence electrons. The molecule has 0 fully saturated rings. The third-order valence-electron chi connectivity index (χ3n) is 6.53. The number of para-hydroxylation sites is 8. The van der Waals surface area contributed by atoms with Crippen LogP contribution in [-0.4, -0.2) is 67.7 Å². The summed E-state index contributed by atoms with van der Waals surface area (Å²) in [7, 11) is 0. The van der Waals surface area contributed by atoms with Gasteiger partial charge in [0.15, 0.2) is 0 Å². The first-order valence-electron chi connectivity index (χ1n) is 16.7. The second-order valence-electron chi connectivity index (χ2n) is 11.1. The second-order valence-corrected chi connectivity index (χ2v) is 11.1. The van der Waals surface area contributed by atoms with Crippen molar-refractivity contribution in [1.29, 1.82) is 0 Å². The first kappa shape index (κ1) is 55.6. The van der Waals surface area contributed by atoms with Crippen molar-refractivity contribution in [1.82, 2.24) is 19.9 Å². The molecule has 29 heteroatoms. The maximum Gasteiger partial charge on any atom is 4.00 e. The number of imidazole rings is 4. The van der Waals surface area contributed by atoms with Gasteiger partial charge in [-0.1, -0.05) is 48.5 Å². The van der Waals surface area contributed by atoms with Gasteiger partial charge in [-0.05, 0) is 48.5 Å². The van der Waals surface area contributed by atoms with Crippen molar-refractivity contribution in [3.8, 4) is 0 Å². The van der Waals surface area contributed by atoms with Crippen molar-refractivity contribution < 1.29 is 125 Å². The van der Waals surface area contributed by atoms with Gasteiger partial charge in [0.1, 0.15) is 44.1 Å². The summed E-state index contributed by atoms with van der Waals surface area (Å²) in [4.78, 5) is 95.3. The Hall–Kier alpha value is -9.40. The standard InChI is InChI=1S/4C7H7N3.4C2H2O4.Zr/c4*8-7-9-5-3-1-2-4-6(5)10-7;4*3-1(4)2(5)6;/h4*1-4H,(H3,8,9,10);4*(H,3,4)(H,5,6);/q;;;;;;;;+4/p-4. The maximum absolute atomic E-state index is 8.93. The van der Waals surface area contributed by atoms with Crippen molar-refractivity contribution in [3.63, 3.8) is 0 Å². The summed E-state index contributed by atoms with van der Waals surface area (Å²) < 4.78 is 0. The second kappa shape index (κ2) is 28.2. The Kier molecular flexibility index (Phi) is 24.1. The van der Waals surface area contributed by atoms with Crippen LogP contribution < -0.4 is 83.7 Å². The molecule has 8 rings (SSSR count). The molecule has 28 nitrogen and oxygen atoms in total. The molecular weight excluding hydrogens is 948 g/mol. The molecule has 4 aromatic carbocycles. The van der Waals surface area contributed by atoms with Crippen LogP contribution in [0.2, 0.25) is 0 Å². The molecule has 4 heterocycles. The molecular formula is C36H32N12O16Zr. The zero-order chi connectivity index (χ0) is 48.5. The molecule has 0 aliphatic heterocycles. The van der Waals surface area contributed by atoms with Crippen LogP contribution in [0, 0.1) is 0 Å². The third-order valence-corrected chi connectivity index (χ3v) is 6.53. The monoisotopic (exact) mass is 978 g/mol. The van der Waals surface area contributed by atoms with Gasteiger partial charge < -0.3 is 79.2 Å². The normalized spacial score (nSPS) is 9.11. The van der Waals surface area contributed by atoms with Crippen molar-refractivity contribution in [2.24, 2.45) is 0 Å². The van der Waals surface area contributed by atoms with Gasteiger partial charge >= 0.3 is 50.0 Å². The number of carboxylic acids is 8. The van der Waals surface area contributed by atoms with Crippen molar-refractivity contribution in [2.45, 2.75) is 0 Å². The number of rotatable bonds is 0. The number of nitrogens with one attached hydrogen (secondary N) is 8. The fraction of sp³-hybridized carbons (Fsp3) is 0. The predicted octanol–water partition coefficient (Wildman–Crippen LogP) is -11.8. The molecule has 0 unspecified atom stereocenters. The maximum atomic E-state index is 8.93. The van der Waals surface area contributed by atoms with Gasteiger partial charge in [-0.25, -0.2) is 39.9 Å². The van der Waals surface area contributed by atoms with E-state index in [1.165, 1.54) is 0 Å². The summed E-state index contributed by atoms with van der Waals surface area (Å²) in [6.45, 7) is 0. The largest absolute Gasteiger partial charge is 4.00 e. The van der Waals surface area contributed by atoms with Crippen LogP contribution >= 0.6 is 0 Å². The summed E-state index contributed by atoms with van der Waals surface area (Å²) >= 11 is 0. The van der Waals surface area contributed by atoms with Crippen LogP contribution in [0.1, 0.15) is 0 Å². The third kappa shape index (κ3) is 22.1. The summed E-state index contributed by atoms with van der Waals surface area (Å²) in [6.07, 6.45) is 0. The molecule has 0 bridgehead atoms. The van der Waals surface area contributed by atoms with Gasteiger partial charge in [0.25, 0.3) is 0 Å². The number of H-pyrrole nitrogens is 8. The number of carbonyl (C=O) groups is 8. The number of benzene rings is 4. The first-order chi connectivity index (χ1) is 30.0. The number of aromatic nitrogens is 8. The van der Waals surface area contributed by atoms with Crippen LogP contribution in [0.15, 0.2) is 97.1 Å². The molecule has 0 radical (unpaired) electrons. The summed E-state index contributed by atoms with van der Waals surface area (Å²) in [5.41, 5.74) is 30.3. The minimum Gasteiger partial charge on any atom is -0.543 e. The minimum absolute atomic E-state index is 0. The van der Waals surface area contributed by atoms with E-state index in [-0.39, 0.29) is 26.2 Å². The summed E-state index contributed by atoms with van der Waals surface area (Å²) in [5.74, 6) is -15.1. The smallest absolute Gasteiger partial charge is 0.543 e. The van der Waals surface area contributed by atoms with Gasteiger partial charge in [-0.3, -0.25) is 22.9 Å². The van der Waals surface area contributed by atoms with Crippen LogP contribution in [0.3, 0.4) is 0 Å². The van der Waals surface area contributed by atoms with Crippen LogP contribution in [0.25, 0.3) is 44.1 Å². The van der Waals surface area contributed by atoms with E-state index < -0.39 is 47.8 Å². The number of anilines is 4. The van der Waals surface area contributed by atoms with Gasteiger partial charge in [-0.2, -0.15) is 0 Å². The Balaban J connectivity index is 0.000000729. The van der Waals surface area contributed by atoms with E-state index in [2.05, 4.69) is 39.9 Å². The Morgan fingerprint density at radius 1 is 0.308 bits per heavy atom. The van der Waals surface area contributed by atoms with Gasteiger partial charge in [0, 0.05) is 0 Å². The van der Waals surface area contributed by atoms with E-state index >= 15 is 0 Å². The SMILES string of the molecule is Nc1[nH]c2ccccc2[nH+]1.Nc1[nH]c2ccccc2[nH+]1.Nc1[nH]c2ccccc2[nH+]1.Nc1[nH]c2ccccc2[nH+]1.O=C([O-])C(=O)[O-].O=C([O-])C(=O)[O-].O=C([O-])C(=O)[O-].O=C([O-])C(=O)[O-].[Zr+4]. The number of hydrogen-bond donors (Lipinski definition) is 8. The number of nitrogens with two attached hydrogens (primary N) is 4. The molecule has 16 N–H and O–H groups in total. The van der Waals surface area contributed by atoms with Crippen LogP contribution in [-0.2, 0) is 64.6 Å². The van der Waals surface area contributed by atoms with Crippen LogP contribution in [0.5, 0.6) is 0 Å². The summed E-state index contributed by atoms with van der Waals surface area (Å²) in [5, 5.41) is 71.4. The number of carbonyl (C=O) groups excluding carboxylic acids is 8. The number of aromatic amines is 8. The van der Waals surface area contributed by atoms with E-state index in [0.717, 1.165) is 44.1 Å². The molecule has 0 spiro atoms. The van der Waals surface area contributed by atoms with E-state index in [4.69, 9.17) is 102 Å². The number of fused-ring (bicyclic) bond motifs is 4. The molecule has 0 aliphatic carbocycles. The molecule has 0 aliphatic rings. The first-order valence-corrected chi connectivity index (χ1v) is 16.7. The number of carboxylic acid groups (broad SMARTS) is 8. The molecule has 0 saturated heterocycles. The van der Waals surface area contributed by atoms with Crippen LogP contribution in [0.4, 0.5) is 23.8 Å². The zero-order valence-corrected chi connectivity index (χ0v) is 35.0. The quantitative estimate of drug-likeness (QED) is 0.0654. The number of aliphatic carboxylic acids is 8. The van der Waals surface area contributed by atoms with Crippen molar-refractivity contribution in [3.05, 3.63) is 97.1 Å². The topological polar surface area (TPSA) is 545 Å². The Bertz CT molecular complexity index is 2290. The molecule has 8 aromatic rings.